The maximum absolute atomic E-state index is 14.6. The van der Waals surface area contributed by atoms with Crippen molar-refractivity contribution < 1.29 is 4.39 Å². The van der Waals surface area contributed by atoms with E-state index in [4.69, 9.17) is 45.5 Å². The molecule has 0 atom stereocenters. The highest BCUT2D eigenvalue weighted by Gasteiger charge is 2.21. The summed E-state index contributed by atoms with van der Waals surface area (Å²) in [7, 11) is 0. The van der Waals surface area contributed by atoms with Gasteiger partial charge in [0.15, 0.2) is 0 Å². The first kappa shape index (κ1) is 22.5. The lowest BCUT2D eigenvalue weighted by atomic mass is 10.00. The van der Waals surface area contributed by atoms with Crippen LogP contribution in [-0.2, 0) is 0 Å². The maximum Gasteiger partial charge on any atom is 0.226 e. The number of rotatable bonds is 3. The van der Waals surface area contributed by atoms with Crippen molar-refractivity contribution in [1.29, 1.82) is 0 Å². The molecule has 0 saturated carbocycles. The van der Waals surface area contributed by atoms with Gasteiger partial charge >= 0.3 is 0 Å². The van der Waals surface area contributed by atoms with Crippen LogP contribution >= 0.6 is 23.2 Å². The number of hydrogen-bond acceptors (Lipinski definition) is 4. The lowest BCUT2D eigenvalue weighted by molar-refractivity contribution is 0.496. The summed E-state index contributed by atoms with van der Waals surface area (Å²) in [6.45, 7) is 8.66. The van der Waals surface area contributed by atoms with E-state index in [0.717, 1.165) is 42.4 Å². The summed E-state index contributed by atoms with van der Waals surface area (Å²) in [5.74, 6) is -0.0114. The van der Waals surface area contributed by atoms with Crippen molar-refractivity contribution in [3.8, 4) is 22.4 Å². The Balaban J connectivity index is 1.72. The van der Waals surface area contributed by atoms with Crippen LogP contribution in [0.1, 0.15) is 12.8 Å². The van der Waals surface area contributed by atoms with E-state index >= 15 is 0 Å². The Labute approximate surface area is 206 Å². The number of halogens is 3. The van der Waals surface area contributed by atoms with Crippen LogP contribution in [0.25, 0.3) is 38.1 Å². The van der Waals surface area contributed by atoms with Crippen LogP contribution in [0.4, 0.5) is 16.0 Å². The third kappa shape index (κ3) is 4.19. The highest BCUT2D eigenvalue weighted by Crippen LogP contribution is 2.38. The fraction of sp³-hybridized carbons (Fsp3) is 0.192. The first-order chi connectivity index (χ1) is 16.4. The highest BCUT2D eigenvalue weighted by molar-refractivity contribution is 6.39. The number of nitrogens with zero attached hydrogens (tertiary/aromatic N) is 4. The summed E-state index contributed by atoms with van der Waals surface area (Å²) in [6, 6.07) is 15.8. The van der Waals surface area contributed by atoms with Gasteiger partial charge in [0.05, 0.1) is 17.8 Å². The first-order valence-electron chi connectivity index (χ1n) is 10.9. The molecule has 1 aromatic heterocycles. The molecule has 1 fully saturated rings. The summed E-state index contributed by atoms with van der Waals surface area (Å²) in [6.07, 6.45) is 1.71. The second-order valence-corrected chi connectivity index (χ2v) is 9.12. The molecule has 1 aliphatic rings. The number of aromatic nitrogens is 2. The van der Waals surface area contributed by atoms with E-state index in [-0.39, 0.29) is 11.7 Å². The third-order valence-corrected chi connectivity index (χ3v) is 6.73. The van der Waals surface area contributed by atoms with Crippen molar-refractivity contribution in [3.05, 3.63) is 81.9 Å². The Morgan fingerprint density at radius 2 is 1.68 bits per heavy atom. The quantitative estimate of drug-likeness (QED) is 0.317. The minimum Gasteiger partial charge on any atom is -0.341 e. The van der Waals surface area contributed by atoms with E-state index in [1.54, 1.807) is 24.3 Å². The molecular formula is C26H20Cl2FN5. The topological polar surface area (TPSA) is 59.4 Å². The standard InChI is InChI=1S/C26H20Cl2FN5/c1-31-23-8-6-16(14-21(23)29)25-18-13-15(24-19(27)3-2-4-20(24)28)5-7-22(18)32-26(33-25)34-11-9-17(30)10-12-34/h2-8,13-14,17H,9-12,30H2. The van der Waals surface area contributed by atoms with Crippen LogP contribution in [0.3, 0.4) is 0 Å². The van der Waals surface area contributed by atoms with Gasteiger partial charge in [-0.2, -0.15) is 0 Å². The minimum atomic E-state index is -0.588. The molecule has 0 aliphatic carbocycles. The second kappa shape index (κ2) is 9.19. The van der Waals surface area contributed by atoms with Gasteiger partial charge in [0, 0.05) is 45.7 Å². The van der Waals surface area contributed by atoms with Gasteiger partial charge < -0.3 is 10.6 Å². The fourth-order valence-electron chi connectivity index (χ4n) is 4.25. The molecule has 0 unspecified atom stereocenters. The Morgan fingerprint density at radius 1 is 0.971 bits per heavy atom. The van der Waals surface area contributed by atoms with E-state index in [0.29, 0.717) is 32.8 Å². The van der Waals surface area contributed by atoms with Gasteiger partial charge in [-0.05, 0) is 48.7 Å². The minimum absolute atomic E-state index is 0.0316. The van der Waals surface area contributed by atoms with Crippen molar-refractivity contribution in [2.75, 3.05) is 18.0 Å². The average molecular weight is 492 g/mol. The number of nitrogens with two attached hydrogens (primary N) is 1. The van der Waals surface area contributed by atoms with Crippen LogP contribution in [0.2, 0.25) is 10.0 Å². The van der Waals surface area contributed by atoms with Gasteiger partial charge in [-0.1, -0.05) is 47.5 Å². The SMILES string of the molecule is [C-]#[N+]c1ccc(-c2nc(N3CCC(N)CC3)nc3ccc(-c4c(Cl)cccc4Cl)cc23)cc1F. The average Bonchev–Trinajstić information content (AvgIpc) is 2.83. The number of piperidine rings is 1. The van der Waals surface area contributed by atoms with Crippen molar-refractivity contribution in [2.45, 2.75) is 18.9 Å². The second-order valence-electron chi connectivity index (χ2n) is 8.30. The Kier molecular flexibility index (Phi) is 6.09. The Morgan fingerprint density at radius 3 is 2.35 bits per heavy atom. The molecule has 0 amide bonds. The Bertz CT molecular complexity index is 1420. The van der Waals surface area contributed by atoms with Gasteiger partial charge in [0.1, 0.15) is 5.82 Å². The fourth-order valence-corrected chi connectivity index (χ4v) is 4.87. The maximum atomic E-state index is 14.6. The van der Waals surface area contributed by atoms with E-state index < -0.39 is 5.82 Å². The Hall–Kier alpha value is -3.24. The van der Waals surface area contributed by atoms with Crippen molar-refractivity contribution in [1.82, 2.24) is 9.97 Å². The van der Waals surface area contributed by atoms with Crippen molar-refractivity contribution >= 4 is 45.7 Å². The summed E-state index contributed by atoms with van der Waals surface area (Å²) in [5.41, 5.74) is 9.42. The van der Waals surface area contributed by atoms with E-state index in [2.05, 4.69) is 9.74 Å². The molecule has 1 aliphatic heterocycles. The van der Waals surface area contributed by atoms with Crippen molar-refractivity contribution in [2.24, 2.45) is 5.73 Å². The van der Waals surface area contributed by atoms with Crippen LogP contribution < -0.4 is 10.6 Å². The molecule has 5 nitrogen and oxygen atoms in total. The molecule has 0 radical (unpaired) electrons. The molecule has 2 heterocycles. The predicted octanol–water partition coefficient (Wildman–Crippen LogP) is 6.89. The van der Waals surface area contributed by atoms with Gasteiger partial charge in [0.25, 0.3) is 0 Å². The number of benzene rings is 3. The van der Waals surface area contributed by atoms with E-state index in [9.17, 15) is 4.39 Å². The van der Waals surface area contributed by atoms with Crippen molar-refractivity contribution in [3.63, 3.8) is 0 Å². The molecule has 2 N–H and O–H groups in total. The number of hydrogen-bond donors (Lipinski definition) is 1. The van der Waals surface area contributed by atoms with Crippen LogP contribution in [0.5, 0.6) is 0 Å². The lowest BCUT2D eigenvalue weighted by Gasteiger charge is -2.30. The first-order valence-corrected chi connectivity index (χ1v) is 11.6. The molecule has 5 rings (SSSR count). The van der Waals surface area contributed by atoms with E-state index in [1.807, 2.05) is 18.2 Å². The zero-order chi connectivity index (χ0) is 23.8. The monoisotopic (exact) mass is 491 g/mol. The zero-order valence-corrected chi connectivity index (χ0v) is 19.6. The molecule has 34 heavy (non-hydrogen) atoms. The number of anilines is 1. The molecule has 170 valence electrons. The highest BCUT2D eigenvalue weighted by atomic mass is 35.5. The van der Waals surface area contributed by atoms with Gasteiger partial charge in [-0.3, -0.25) is 0 Å². The van der Waals surface area contributed by atoms with E-state index in [1.165, 1.54) is 12.1 Å². The molecule has 3 aromatic carbocycles. The molecule has 1 saturated heterocycles. The molecular weight excluding hydrogens is 472 g/mol. The lowest BCUT2D eigenvalue weighted by Crippen LogP contribution is -2.40. The van der Waals surface area contributed by atoms with Crippen LogP contribution in [-0.4, -0.2) is 29.1 Å². The van der Waals surface area contributed by atoms with Gasteiger partial charge in [0.2, 0.25) is 11.6 Å². The van der Waals surface area contributed by atoms with Crippen LogP contribution in [0, 0.1) is 12.4 Å². The summed E-state index contributed by atoms with van der Waals surface area (Å²) >= 11 is 12.9. The van der Waals surface area contributed by atoms with Crippen LogP contribution in [0.15, 0.2) is 54.6 Å². The summed E-state index contributed by atoms with van der Waals surface area (Å²) < 4.78 is 14.6. The largest absolute Gasteiger partial charge is 0.341 e. The normalized spacial score (nSPS) is 14.4. The molecule has 4 aromatic rings. The smallest absolute Gasteiger partial charge is 0.226 e. The molecule has 0 spiro atoms. The summed E-state index contributed by atoms with van der Waals surface area (Å²) in [5, 5.41) is 1.80. The third-order valence-electron chi connectivity index (χ3n) is 6.10. The predicted molar refractivity (Wildman–Crippen MR) is 136 cm³/mol. The van der Waals surface area contributed by atoms with Gasteiger partial charge in [-0.25, -0.2) is 19.2 Å². The zero-order valence-electron chi connectivity index (χ0n) is 18.1. The molecule has 8 heteroatoms. The summed E-state index contributed by atoms with van der Waals surface area (Å²) in [4.78, 5) is 15.0. The molecule has 0 bridgehead atoms. The van der Waals surface area contributed by atoms with Gasteiger partial charge in [-0.15, -0.1) is 0 Å². The number of fused-ring (bicyclic) bond motifs is 1.